The van der Waals surface area contributed by atoms with Gasteiger partial charge in [-0.3, -0.25) is 14.4 Å². The van der Waals surface area contributed by atoms with Gasteiger partial charge >= 0.3 is 115 Å². The number of nitrogens with zero attached hydrogens (tertiary/aromatic N) is 1. The second-order valence-corrected chi connectivity index (χ2v) is 14.4. The number of benzene rings is 4. The van der Waals surface area contributed by atoms with Crippen LogP contribution < -0.4 is 113 Å². The van der Waals surface area contributed by atoms with Crippen molar-refractivity contribution in [1.82, 2.24) is 9.03 Å². The van der Waals surface area contributed by atoms with Crippen LogP contribution in [0.2, 0.25) is 0 Å². The molecule has 0 aromatic heterocycles. The Labute approximate surface area is 406 Å². The smallest absolute Gasteiger partial charge is 1.00 e. The molecule has 0 saturated carbocycles. The zero-order valence-electron chi connectivity index (χ0n) is 31.3. The summed E-state index contributed by atoms with van der Waals surface area (Å²) in [7, 11) is -4.31. The number of alkyl halides is 1. The Balaban J connectivity index is -0.000000748. The van der Waals surface area contributed by atoms with Gasteiger partial charge in [0.15, 0.2) is 0 Å². The summed E-state index contributed by atoms with van der Waals surface area (Å²) in [6.45, 7) is -0.524. The van der Waals surface area contributed by atoms with Gasteiger partial charge in [-0.25, -0.2) is 21.6 Å². The summed E-state index contributed by atoms with van der Waals surface area (Å²) in [5, 5.41) is 8.71. The first-order valence-corrected chi connectivity index (χ1v) is 19.6. The summed E-state index contributed by atoms with van der Waals surface area (Å²) in [4.78, 5) is 32.9. The van der Waals surface area contributed by atoms with Gasteiger partial charge in [-0.05, 0) is 22.3 Å². The normalized spacial score (nSPS) is 10.3. The number of halogens is 1. The third-order valence-corrected chi connectivity index (χ3v) is 8.74. The van der Waals surface area contributed by atoms with E-state index in [0.29, 0.717) is 0 Å². The monoisotopic (exact) mass is 886 g/mol. The minimum atomic E-state index is -3.63. The third-order valence-electron chi connectivity index (χ3n) is 6.43. The van der Waals surface area contributed by atoms with Crippen LogP contribution in [0.3, 0.4) is 0 Å². The van der Waals surface area contributed by atoms with Crippen LogP contribution in [-0.4, -0.2) is 78.2 Å². The molecule has 1 N–H and O–H groups in total. The van der Waals surface area contributed by atoms with Crippen molar-refractivity contribution in [1.29, 1.82) is 0 Å². The van der Waals surface area contributed by atoms with Gasteiger partial charge in [0.05, 0.1) is 38.8 Å². The van der Waals surface area contributed by atoms with Crippen molar-refractivity contribution < 1.29 is 155 Å². The Morgan fingerprint density at radius 3 is 1.26 bits per heavy atom. The average Bonchev–Trinajstić information content (AvgIpc) is 3.14. The quantitative estimate of drug-likeness (QED) is 0.0401. The maximum atomic E-state index is 12.3. The van der Waals surface area contributed by atoms with Gasteiger partial charge in [0.25, 0.3) is 6.47 Å². The molecule has 0 aliphatic heterocycles. The van der Waals surface area contributed by atoms with E-state index < -0.39 is 32.1 Å². The van der Waals surface area contributed by atoms with E-state index >= 15 is 0 Å². The Hall–Kier alpha value is -1.18. The van der Waals surface area contributed by atoms with E-state index in [-0.39, 0.29) is 135 Å². The molecule has 18 heteroatoms. The Bertz CT molecular complexity index is 1740. The number of carbonyl (C=O) groups is 3. The molecule has 4 aromatic rings. The molecular weight excluding hydrogens is 847 g/mol. The molecule has 0 saturated heterocycles. The van der Waals surface area contributed by atoms with Gasteiger partial charge in [0.1, 0.15) is 11.9 Å². The molecule has 0 aliphatic rings. The molecule has 4 aromatic carbocycles. The largest absolute Gasteiger partial charge is 1.00 e. The molecule has 0 aliphatic carbocycles. The molecule has 0 heterocycles. The zero-order chi connectivity index (χ0) is 38.3. The number of hydrogen-bond donors (Lipinski definition) is 1. The number of methoxy groups -OCH3 is 2. The van der Waals surface area contributed by atoms with Gasteiger partial charge in [0.2, 0.25) is 20.0 Å². The molecule has 0 radical (unpaired) electrons. The van der Waals surface area contributed by atoms with E-state index in [1.54, 1.807) is 0 Å². The van der Waals surface area contributed by atoms with E-state index in [0.717, 1.165) is 32.8 Å². The van der Waals surface area contributed by atoms with Crippen molar-refractivity contribution in [3.63, 3.8) is 0 Å². The fourth-order valence-electron chi connectivity index (χ4n) is 4.28. The molecule has 0 amide bonds. The predicted octanol–water partition coefficient (Wildman–Crippen LogP) is -2.35. The molecule has 4 rings (SSSR count). The van der Waals surface area contributed by atoms with Crippen LogP contribution in [-0.2, 0) is 48.8 Å². The zero-order valence-corrected chi connectivity index (χ0v) is 39.8. The topological polar surface area (TPSA) is 186 Å². The van der Waals surface area contributed by atoms with E-state index in [2.05, 4.69) is 35.0 Å². The first-order valence-electron chi connectivity index (χ1n) is 14.8. The third kappa shape index (κ3) is 22.8. The van der Waals surface area contributed by atoms with Crippen LogP contribution in [0.1, 0.15) is 35.8 Å². The van der Waals surface area contributed by atoms with Gasteiger partial charge in [0, 0.05) is 0 Å². The summed E-state index contributed by atoms with van der Waals surface area (Å²) >= 11 is 2.90. The van der Waals surface area contributed by atoms with Crippen molar-refractivity contribution >= 4 is 54.4 Å². The molecule has 0 atom stereocenters. The Morgan fingerprint density at radius 2 is 1.04 bits per heavy atom. The van der Waals surface area contributed by atoms with Crippen molar-refractivity contribution in [3.05, 3.63) is 144 Å². The number of sulfonamides is 2. The number of carbonyl (C=O) groups excluding carboxylic acids is 3. The minimum Gasteiger partial charge on any atom is -1.00 e. The van der Waals surface area contributed by atoms with Crippen molar-refractivity contribution in [3.8, 4) is 0 Å². The summed E-state index contributed by atoms with van der Waals surface area (Å²) in [6, 6.07) is 36.5. The molecule has 53 heavy (non-hydrogen) atoms. The minimum absolute atomic E-state index is 0. The number of rotatable bonds is 12. The Morgan fingerprint density at radius 1 is 0.717 bits per heavy atom. The van der Waals surface area contributed by atoms with Gasteiger partial charge in [-0.1, -0.05) is 137 Å². The van der Waals surface area contributed by atoms with Crippen molar-refractivity contribution in [2.24, 2.45) is 0 Å². The number of ether oxygens (including phenoxy) is 2. The molecule has 0 fully saturated rings. The maximum Gasteiger partial charge on any atom is 1.00 e. The van der Waals surface area contributed by atoms with Gasteiger partial charge < -0.3 is 21.0 Å². The SMILES string of the molecule is COC(=O)CBr.COC(=O)CN(C(c1ccccc1)c1ccccc1)S(C)(=O)=O.CS(=O)(=O)NC(c1ccccc1)c1ccccc1.O=CO[O-].[H-].[K+].[K+]. The number of esters is 2. The fraction of sp³-hybridized carbons (Fsp3) is 0.229. The predicted molar refractivity (Wildman–Crippen MR) is 195 cm³/mol. The first-order chi connectivity index (χ1) is 24.2. The second kappa shape index (κ2) is 30.0. The van der Waals surface area contributed by atoms with Crippen molar-refractivity contribution in [2.45, 2.75) is 12.1 Å². The average molecular weight is 888 g/mol. The van der Waals surface area contributed by atoms with Crippen LogP contribution in [0.15, 0.2) is 121 Å². The van der Waals surface area contributed by atoms with Crippen LogP contribution >= 0.6 is 15.9 Å². The van der Waals surface area contributed by atoms with Crippen LogP contribution in [0.5, 0.6) is 0 Å². The van der Waals surface area contributed by atoms with E-state index in [1.807, 2.05) is 121 Å². The van der Waals surface area contributed by atoms with E-state index in [1.165, 1.54) is 20.5 Å². The Kier molecular flexibility index (Phi) is 30.5. The molecule has 13 nitrogen and oxygen atoms in total. The van der Waals surface area contributed by atoms with Crippen LogP contribution in [0.4, 0.5) is 0 Å². The number of nitrogens with one attached hydrogen (secondary N) is 1. The molecule has 0 unspecified atom stereocenters. The van der Waals surface area contributed by atoms with Crippen LogP contribution in [0, 0.1) is 0 Å². The van der Waals surface area contributed by atoms with E-state index in [4.69, 9.17) is 10.1 Å². The number of hydrogen-bond acceptors (Lipinski definition) is 11. The summed E-state index contributed by atoms with van der Waals surface area (Å²) in [5.74, 6) is -0.845. The second-order valence-electron chi connectivity index (χ2n) is 10.2. The van der Waals surface area contributed by atoms with E-state index in [9.17, 15) is 26.4 Å². The molecular formula is C35H41BrK2N2O11S2. The molecule has 0 bridgehead atoms. The standard InChI is InChI=1S/C17H19NO4S.C14H15NO2S.C3H5BrO2.CH2O3.2K.H/c1-22-16(19)13-18(23(2,20)21)17(14-9-5-3-6-10-14)15-11-7-4-8-12-15;1-18(16,17)15-14(12-8-4-2-5-9-12)13-10-6-3-7-11-13;1-6-3(5)2-4;2-1-4-3;;;/h3-12,17H,13H2,1-2H3;2-11,14-15H,1H3;2H2,1H3;1,3H;;;/q;;;;2*+1;-1/p-1. The molecule has 0 spiro atoms. The first kappa shape index (κ1) is 53.9. The van der Waals surface area contributed by atoms with Crippen molar-refractivity contribution in [2.75, 3.05) is 38.6 Å². The maximum absolute atomic E-state index is 12.3. The van der Waals surface area contributed by atoms with Crippen LogP contribution in [0.25, 0.3) is 0 Å². The fourth-order valence-corrected chi connectivity index (χ4v) is 6.17. The van der Waals surface area contributed by atoms with Gasteiger partial charge in [-0.15, -0.1) is 0 Å². The summed E-state index contributed by atoms with van der Waals surface area (Å²) in [6.07, 6.45) is 2.26. The summed E-state index contributed by atoms with van der Waals surface area (Å²) < 4.78 is 60.2. The van der Waals surface area contributed by atoms with Gasteiger partial charge in [-0.2, -0.15) is 4.31 Å². The summed E-state index contributed by atoms with van der Waals surface area (Å²) in [5.41, 5.74) is 3.42. The molecule has 278 valence electrons.